The van der Waals surface area contributed by atoms with Gasteiger partial charge in [-0.05, 0) is 35.7 Å². The smallest absolute Gasteiger partial charge is 0.326 e. The van der Waals surface area contributed by atoms with Crippen molar-refractivity contribution < 1.29 is 32.2 Å². The quantitative estimate of drug-likeness (QED) is 0.228. The number of ether oxygens (including phenoxy) is 1. The molecule has 0 aliphatic rings. The number of benzene rings is 2. The molecule has 0 aliphatic heterocycles. The average Bonchev–Trinajstić information content (AvgIpc) is 3.61. The van der Waals surface area contributed by atoms with E-state index < -0.39 is 45.6 Å². The van der Waals surface area contributed by atoms with Crippen LogP contribution in [0.2, 0.25) is 0 Å². The molecule has 0 spiro atoms. The maximum absolute atomic E-state index is 14.4. The standard InChI is InChI=1S/C28H29FN4O6S2/c1-32-18-30-17-21(32)11-14-39-27(25-31-13-15-40-25)33(24(28(35)36)12-16-41(2,37)38)26(34)23-6-4-3-5-22(23)19-7-9-20(29)10-8-19/h3-10,13,15,17-18,24,27H,11-12,14,16H2,1-2H3,(H,35,36)/t24-,27?/m0/s1. The van der Waals surface area contributed by atoms with E-state index in [9.17, 15) is 27.5 Å². The van der Waals surface area contributed by atoms with Gasteiger partial charge in [0, 0.05) is 48.8 Å². The van der Waals surface area contributed by atoms with Gasteiger partial charge in [-0.25, -0.2) is 27.6 Å². The summed E-state index contributed by atoms with van der Waals surface area (Å²) in [5.41, 5.74) is 1.99. The highest BCUT2D eigenvalue weighted by molar-refractivity contribution is 7.90. The number of aromatic nitrogens is 3. The van der Waals surface area contributed by atoms with Crippen LogP contribution in [-0.4, -0.2) is 69.5 Å². The van der Waals surface area contributed by atoms with Gasteiger partial charge in [-0.3, -0.25) is 9.69 Å². The number of rotatable bonds is 13. The lowest BCUT2D eigenvalue weighted by Gasteiger charge is -2.35. The molecule has 0 bridgehead atoms. The second-order valence-electron chi connectivity index (χ2n) is 9.38. The number of hydrogen-bond acceptors (Lipinski definition) is 8. The van der Waals surface area contributed by atoms with Gasteiger partial charge in [0.2, 0.25) is 0 Å². The largest absolute Gasteiger partial charge is 0.480 e. The number of carboxylic acids is 1. The van der Waals surface area contributed by atoms with E-state index in [-0.39, 0.29) is 18.6 Å². The zero-order valence-corrected chi connectivity index (χ0v) is 24.0. The lowest BCUT2D eigenvalue weighted by atomic mass is 9.98. The second-order valence-corrected chi connectivity index (χ2v) is 12.6. The Kier molecular flexibility index (Phi) is 9.63. The molecule has 216 valence electrons. The first-order chi connectivity index (χ1) is 19.5. The Hall–Kier alpha value is -3.94. The normalized spacial score (nSPS) is 13.0. The molecule has 2 atom stereocenters. The van der Waals surface area contributed by atoms with Gasteiger partial charge in [-0.2, -0.15) is 0 Å². The van der Waals surface area contributed by atoms with Crippen LogP contribution in [0.4, 0.5) is 4.39 Å². The molecule has 41 heavy (non-hydrogen) atoms. The number of carbonyl (C=O) groups is 2. The molecule has 0 saturated carbocycles. The predicted molar refractivity (Wildman–Crippen MR) is 151 cm³/mol. The Labute approximate surface area is 241 Å². The van der Waals surface area contributed by atoms with Crippen LogP contribution in [0.5, 0.6) is 0 Å². The summed E-state index contributed by atoms with van der Waals surface area (Å²) in [6.45, 7) is 0.0889. The van der Waals surface area contributed by atoms with Gasteiger partial charge < -0.3 is 14.4 Å². The average molecular weight is 601 g/mol. The minimum atomic E-state index is -3.56. The van der Waals surface area contributed by atoms with Crippen LogP contribution in [0.15, 0.2) is 72.6 Å². The number of aryl methyl sites for hydroxylation is 1. The van der Waals surface area contributed by atoms with Gasteiger partial charge in [0.05, 0.1) is 18.7 Å². The van der Waals surface area contributed by atoms with Gasteiger partial charge in [0.15, 0.2) is 6.23 Å². The molecular formula is C28H29FN4O6S2. The van der Waals surface area contributed by atoms with Gasteiger partial charge in [-0.1, -0.05) is 30.3 Å². The van der Waals surface area contributed by atoms with E-state index in [2.05, 4.69) is 9.97 Å². The van der Waals surface area contributed by atoms with E-state index in [1.54, 1.807) is 36.1 Å². The highest BCUT2D eigenvalue weighted by atomic mass is 32.2. The Morgan fingerprint density at radius 1 is 1.17 bits per heavy atom. The van der Waals surface area contributed by atoms with E-state index in [0.717, 1.165) is 16.8 Å². The molecule has 2 heterocycles. The Morgan fingerprint density at radius 3 is 2.51 bits per heavy atom. The molecule has 4 aromatic rings. The molecule has 0 aliphatic carbocycles. The van der Waals surface area contributed by atoms with E-state index in [4.69, 9.17) is 4.74 Å². The van der Waals surface area contributed by atoms with Gasteiger partial charge in [0.25, 0.3) is 5.91 Å². The van der Waals surface area contributed by atoms with Crippen molar-refractivity contribution in [3.05, 3.63) is 94.7 Å². The maximum atomic E-state index is 14.4. The molecule has 1 N–H and O–H groups in total. The summed E-state index contributed by atoms with van der Waals surface area (Å²) in [6, 6.07) is 10.6. The van der Waals surface area contributed by atoms with Gasteiger partial charge in [0.1, 0.15) is 26.7 Å². The summed E-state index contributed by atoms with van der Waals surface area (Å²) in [6.07, 6.45) is 4.64. The van der Waals surface area contributed by atoms with Crippen molar-refractivity contribution in [2.45, 2.75) is 25.1 Å². The number of aliphatic carboxylic acids is 1. The van der Waals surface area contributed by atoms with E-state index in [1.165, 1.54) is 47.9 Å². The monoisotopic (exact) mass is 600 g/mol. The molecule has 0 saturated heterocycles. The van der Waals surface area contributed by atoms with Crippen LogP contribution in [0, 0.1) is 5.82 Å². The SMILES string of the molecule is Cn1cncc1CCOC(c1nccs1)N(C(=O)c1ccccc1-c1ccc(F)cc1)[C@@H](CCS(C)(=O)=O)C(=O)O. The number of carbonyl (C=O) groups excluding carboxylic acids is 1. The molecule has 2 aromatic heterocycles. The summed E-state index contributed by atoms with van der Waals surface area (Å²) < 4.78 is 45.8. The summed E-state index contributed by atoms with van der Waals surface area (Å²) in [4.78, 5) is 36.5. The number of sulfone groups is 1. The number of thiazole rings is 1. The minimum absolute atomic E-state index is 0.0889. The van der Waals surface area contributed by atoms with E-state index in [0.29, 0.717) is 22.6 Å². The molecule has 4 rings (SSSR count). The van der Waals surface area contributed by atoms with Crippen molar-refractivity contribution >= 4 is 33.1 Å². The number of hydrogen-bond donors (Lipinski definition) is 1. The van der Waals surface area contributed by atoms with Crippen LogP contribution in [-0.2, 0) is 32.8 Å². The lowest BCUT2D eigenvalue weighted by Crippen LogP contribution is -2.49. The molecule has 13 heteroatoms. The Bertz CT molecular complexity index is 1590. The zero-order valence-electron chi connectivity index (χ0n) is 22.4. The number of nitrogens with zero attached hydrogens (tertiary/aromatic N) is 4. The van der Waals surface area contributed by atoms with Crippen LogP contribution in [0.3, 0.4) is 0 Å². The van der Waals surface area contributed by atoms with Gasteiger partial charge >= 0.3 is 5.97 Å². The fourth-order valence-corrected chi connectivity index (χ4v) is 5.67. The van der Waals surface area contributed by atoms with Crippen LogP contribution < -0.4 is 0 Å². The Morgan fingerprint density at radius 2 is 1.90 bits per heavy atom. The third-order valence-corrected chi connectivity index (χ3v) is 8.18. The van der Waals surface area contributed by atoms with Crippen LogP contribution >= 0.6 is 11.3 Å². The first-order valence-corrected chi connectivity index (χ1v) is 15.5. The molecule has 0 radical (unpaired) electrons. The van der Waals surface area contributed by atoms with Crippen molar-refractivity contribution in [1.82, 2.24) is 19.4 Å². The first kappa shape index (κ1) is 30.0. The molecule has 1 unspecified atom stereocenters. The zero-order chi connectivity index (χ0) is 29.6. The van der Waals surface area contributed by atoms with Crippen molar-refractivity contribution in [2.75, 3.05) is 18.6 Å². The van der Waals surface area contributed by atoms with Crippen molar-refractivity contribution in [3.63, 3.8) is 0 Å². The van der Waals surface area contributed by atoms with Crippen LogP contribution in [0.1, 0.15) is 33.7 Å². The van der Waals surface area contributed by atoms with Gasteiger partial charge in [-0.15, -0.1) is 11.3 Å². The fraction of sp³-hybridized carbons (Fsp3) is 0.286. The topological polar surface area (TPSA) is 132 Å². The van der Waals surface area contributed by atoms with Crippen molar-refractivity contribution in [2.24, 2.45) is 7.05 Å². The highest BCUT2D eigenvalue weighted by Gasteiger charge is 2.39. The lowest BCUT2D eigenvalue weighted by molar-refractivity contribution is -0.148. The first-order valence-electron chi connectivity index (χ1n) is 12.6. The Balaban J connectivity index is 1.79. The highest BCUT2D eigenvalue weighted by Crippen LogP contribution is 2.33. The molecule has 2 aromatic carbocycles. The molecule has 0 fully saturated rings. The predicted octanol–water partition coefficient (Wildman–Crippen LogP) is 3.97. The fourth-order valence-electron chi connectivity index (χ4n) is 4.34. The second kappa shape index (κ2) is 13.1. The van der Waals surface area contributed by atoms with E-state index >= 15 is 0 Å². The minimum Gasteiger partial charge on any atom is -0.480 e. The van der Waals surface area contributed by atoms with Crippen molar-refractivity contribution in [1.29, 1.82) is 0 Å². The number of amides is 1. The summed E-state index contributed by atoms with van der Waals surface area (Å²) in [5, 5.41) is 12.3. The number of imidazole rings is 1. The summed E-state index contributed by atoms with van der Waals surface area (Å²) in [5.74, 6) is -3.01. The maximum Gasteiger partial charge on any atom is 0.326 e. The van der Waals surface area contributed by atoms with E-state index in [1.807, 2.05) is 11.6 Å². The number of carboxylic acid groups (broad SMARTS) is 1. The summed E-state index contributed by atoms with van der Waals surface area (Å²) >= 11 is 1.18. The number of halogens is 1. The molecule has 10 nitrogen and oxygen atoms in total. The third-order valence-electron chi connectivity index (χ3n) is 6.40. The summed E-state index contributed by atoms with van der Waals surface area (Å²) in [7, 11) is -1.74. The van der Waals surface area contributed by atoms with Crippen LogP contribution in [0.25, 0.3) is 11.1 Å². The molecule has 1 amide bonds. The third kappa shape index (κ3) is 7.63. The van der Waals surface area contributed by atoms with Crippen molar-refractivity contribution in [3.8, 4) is 11.1 Å². The molecular weight excluding hydrogens is 571 g/mol.